The van der Waals surface area contributed by atoms with Gasteiger partial charge in [0.1, 0.15) is 6.54 Å². The number of carboxylic acids is 1. The van der Waals surface area contributed by atoms with E-state index in [0.29, 0.717) is 29.3 Å². The molecule has 1 N–H and O–H groups in total. The Hall–Kier alpha value is -1.10. The number of rotatable bonds is 9. The molecule has 5 heteroatoms. The Labute approximate surface area is 121 Å². The van der Waals surface area contributed by atoms with Gasteiger partial charge >= 0.3 is 11.9 Å². The van der Waals surface area contributed by atoms with Gasteiger partial charge in [-0.3, -0.25) is 9.59 Å². The van der Waals surface area contributed by atoms with Crippen LogP contribution in [-0.4, -0.2) is 55.3 Å². The molecule has 1 aliphatic carbocycles. The monoisotopic (exact) mass is 286 g/mol. The second kappa shape index (κ2) is 7.07. The number of carbonyl (C=O) groups is 2. The standard InChI is InChI=1S/C15H27NO4/c1-5-6-11-7-12(11)8-15(19)20-13(9-14(17)18)10-16(2,3)4/h11-13H,5-10H2,1-4H3/p+1/t11-,12-,13-/m1/s1. The van der Waals surface area contributed by atoms with Crippen molar-refractivity contribution in [1.29, 1.82) is 0 Å². The third-order valence-corrected chi connectivity index (χ3v) is 3.61. The van der Waals surface area contributed by atoms with E-state index in [1.807, 2.05) is 21.1 Å². The molecule has 0 aliphatic heterocycles. The third kappa shape index (κ3) is 6.89. The molecule has 0 aromatic heterocycles. The maximum Gasteiger partial charge on any atom is 0.307 e. The topological polar surface area (TPSA) is 63.6 Å². The van der Waals surface area contributed by atoms with Gasteiger partial charge in [-0.1, -0.05) is 19.8 Å². The Bertz CT molecular complexity index is 348. The minimum atomic E-state index is -0.925. The molecule has 1 aliphatic rings. The number of aliphatic carboxylic acids is 1. The first-order valence-corrected chi connectivity index (χ1v) is 7.43. The van der Waals surface area contributed by atoms with Crippen LogP contribution in [0.25, 0.3) is 0 Å². The van der Waals surface area contributed by atoms with Gasteiger partial charge in [0, 0.05) is 6.42 Å². The quantitative estimate of drug-likeness (QED) is 0.519. The van der Waals surface area contributed by atoms with E-state index in [-0.39, 0.29) is 12.4 Å². The van der Waals surface area contributed by atoms with Crippen LogP contribution in [0.1, 0.15) is 39.0 Å². The highest BCUT2D eigenvalue weighted by atomic mass is 16.5. The molecule has 0 aromatic rings. The smallest absolute Gasteiger partial charge is 0.307 e. The highest BCUT2D eigenvalue weighted by Gasteiger charge is 2.38. The number of carboxylic acid groups (broad SMARTS) is 1. The number of esters is 1. The lowest BCUT2D eigenvalue weighted by Gasteiger charge is -2.28. The van der Waals surface area contributed by atoms with Crippen molar-refractivity contribution >= 4 is 11.9 Å². The minimum absolute atomic E-state index is 0.121. The Kier molecular flexibility index (Phi) is 5.99. The molecule has 116 valence electrons. The van der Waals surface area contributed by atoms with Crippen molar-refractivity contribution in [2.24, 2.45) is 11.8 Å². The van der Waals surface area contributed by atoms with E-state index in [4.69, 9.17) is 9.84 Å². The minimum Gasteiger partial charge on any atom is -0.481 e. The summed E-state index contributed by atoms with van der Waals surface area (Å²) in [6.45, 7) is 2.67. The first-order chi connectivity index (χ1) is 9.21. The van der Waals surface area contributed by atoms with E-state index in [2.05, 4.69) is 6.92 Å². The van der Waals surface area contributed by atoms with Gasteiger partial charge in [-0.15, -0.1) is 0 Å². The Morgan fingerprint density at radius 1 is 1.30 bits per heavy atom. The zero-order valence-electron chi connectivity index (χ0n) is 13.1. The number of ether oxygens (including phenoxy) is 1. The van der Waals surface area contributed by atoms with Crippen molar-refractivity contribution in [3.8, 4) is 0 Å². The normalized spacial score (nSPS) is 23.2. The molecule has 0 spiro atoms. The van der Waals surface area contributed by atoms with Crippen molar-refractivity contribution in [3.63, 3.8) is 0 Å². The van der Waals surface area contributed by atoms with Crippen molar-refractivity contribution in [3.05, 3.63) is 0 Å². The second-order valence-electron chi connectivity index (χ2n) is 6.93. The summed E-state index contributed by atoms with van der Waals surface area (Å²) >= 11 is 0. The summed E-state index contributed by atoms with van der Waals surface area (Å²) in [5, 5.41) is 8.90. The molecule has 5 nitrogen and oxygen atoms in total. The van der Waals surface area contributed by atoms with Crippen LogP contribution in [0.15, 0.2) is 0 Å². The highest BCUT2D eigenvalue weighted by molar-refractivity contribution is 5.72. The average molecular weight is 286 g/mol. The molecule has 1 saturated carbocycles. The molecule has 1 rings (SSSR count). The first-order valence-electron chi connectivity index (χ1n) is 7.43. The summed E-state index contributed by atoms with van der Waals surface area (Å²) in [4.78, 5) is 22.7. The number of nitrogens with zero attached hydrogens (tertiary/aromatic N) is 1. The van der Waals surface area contributed by atoms with E-state index in [9.17, 15) is 9.59 Å². The number of hydrogen-bond donors (Lipinski definition) is 1. The van der Waals surface area contributed by atoms with Crippen LogP contribution in [0.2, 0.25) is 0 Å². The molecule has 0 unspecified atom stereocenters. The SMILES string of the molecule is CCC[C@@H]1C[C@@H]1CC(=O)O[C@H](CC(=O)O)C[N+](C)(C)C. The van der Waals surface area contributed by atoms with E-state index in [0.717, 1.165) is 12.8 Å². The zero-order valence-corrected chi connectivity index (χ0v) is 13.1. The Balaban J connectivity index is 2.40. The lowest BCUT2D eigenvalue weighted by Crippen LogP contribution is -2.43. The molecule has 0 saturated heterocycles. The van der Waals surface area contributed by atoms with Crippen LogP contribution in [0.5, 0.6) is 0 Å². The van der Waals surface area contributed by atoms with Gasteiger partial charge in [0.25, 0.3) is 0 Å². The summed E-state index contributed by atoms with van der Waals surface area (Å²) in [6.07, 6.45) is 3.22. The van der Waals surface area contributed by atoms with Gasteiger partial charge in [0.05, 0.1) is 27.6 Å². The largest absolute Gasteiger partial charge is 0.481 e. The van der Waals surface area contributed by atoms with Crippen LogP contribution in [0.4, 0.5) is 0 Å². The van der Waals surface area contributed by atoms with Crippen molar-refractivity contribution in [1.82, 2.24) is 0 Å². The fraction of sp³-hybridized carbons (Fsp3) is 0.867. The van der Waals surface area contributed by atoms with Crippen molar-refractivity contribution in [2.75, 3.05) is 27.7 Å². The predicted octanol–water partition coefficient (Wildman–Crippen LogP) is 1.91. The summed E-state index contributed by atoms with van der Waals surface area (Å²) in [6, 6.07) is 0. The van der Waals surface area contributed by atoms with Crippen LogP contribution in [-0.2, 0) is 14.3 Å². The van der Waals surface area contributed by atoms with Crippen molar-refractivity contribution < 1.29 is 23.9 Å². The van der Waals surface area contributed by atoms with E-state index < -0.39 is 12.1 Å². The van der Waals surface area contributed by atoms with Gasteiger partial charge in [0.2, 0.25) is 0 Å². The molecule has 0 bridgehead atoms. The molecule has 0 amide bonds. The second-order valence-corrected chi connectivity index (χ2v) is 6.93. The fourth-order valence-corrected chi connectivity index (χ4v) is 2.68. The summed E-state index contributed by atoms with van der Waals surface area (Å²) in [5.41, 5.74) is 0. The van der Waals surface area contributed by atoms with E-state index in [1.165, 1.54) is 6.42 Å². The van der Waals surface area contributed by atoms with Gasteiger partial charge in [-0.05, 0) is 18.3 Å². The maximum atomic E-state index is 11.9. The average Bonchev–Trinajstić information content (AvgIpc) is 2.92. The number of quaternary nitrogens is 1. The molecule has 1 fully saturated rings. The van der Waals surface area contributed by atoms with E-state index in [1.54, 1.807) is 0 Å². The van der Waals surface area contributed by atoms with Gasteiger partial charge in [-0.2, -0.15) is 0 Å². The summed E-state index contributed by atoms with van der Waals surface area (Å²) in [7, 11) is 5.88. The molecule has 3 atom stereocenters. The fourth-order valence-electron chi connectivity index (χ4n) is 2.68. The molecule has 0 radical (unpaired) electrons. The van der Waals surface area contributed by atoms with Crippen LogP contribution < -0.4 is 0 Å². The van der Waals surface area contributed by atoms with Crippen LogP contribution in [0.3, 0.4) is 0 Å². The van der Waals surface area contributed by atoms with E-state index >= 15 is 0 Å². The predicted molar refractivity (Wildman–Crippen MR) is 76.2 cm³/mol. The Morgan fingerprint density at radius 3 is 2.45 bits per heavy atom. The Morgan fingerprint density at radius 2 is 1.95 bits per heavy atom. The summed E-state index contributed by atoms with van der Waals surface area (Å²) in [5.74, 6) is -0.0410. The van der Waals surface area contributed by atoms with Crippen LogP contribution >= 0.6 is 0 Å². The molecule has 20 heavy (non-hydrogen) atoms. The molecular formula is C15H28NO4+. The van der Waals surface area contributed by atoms with Gasteiger partial charge in [0.15, 0.2) is 6.10 Å². The number of carbonyl (C=O) groups excluding carboxylic acids is 1. The van der Waals surface area contributed by atoms with Gasteiger partial charge in [-0.25, -0.2) is 0 Å². The maximum absolute atomic E-state index is 11.9. The lowest BCUT2D eigenvalue weighted by atomic mass is 10.1. The number of hydrogen-bond acceptors (Lipinski definition) is 3. The van der Waals surface area contributed by atoms with Crippen LogP contribution in [0, 0.1) is 11.8 Å². The number of likely N-dealkylation sites (N-methyl/N-ethyl adjacent to an activating group) is 1. The van der Waals surface area contributed by atoms with Crippen molar-refractivity contribution in [2.45, 2.75) is 45.1 Å². The summed E-state index contributed by atoms with van der Waals surface area (Å²) < 4.78 is 5.96. The highest BCUT2D eigenvalue weighted by Crippen LogP contribution is 2.44. The first kappa shape index (κ1) is 17.0. The lowest BCUT2D eigenvalue weighted by molar-refractivity contribution is -0.873. The third-order valence-electron chi connectivity index (χ3n) is 3.61. The van der Waals surface area contributed by atoms with Gasteiger partial charge < -0.3 is 14.3 Å². The molecule has 0 aromatic carbocycles. The zero-order chi connectivity index (χ0) is 15.3. The molecule has 0 heterocycles. The molecular weight excluding hydrogens is 258 g/mol.